The van der Waals surface area contributed by atoms with Gasteiger partial charge in [-0.2, -0.15) is 0 Å². The Hall–Kier alpha value is -7.54. The first-order valence-corrected chi connectivity index (χ1v) is 24.6. The Balaban J connectivity index is 1.14. The van der Waals surface area contributed by atoms with Crippen molar-refractivity contribution in [1.29, 1.82) is 0 Å². The lowest BCUT2D eigenvalue weighted by atomic mass is 9.91. The van der Waals surface area contributed by atoms with Crippen molar-refractivity contribution in [1.82, 2.24) is 9.13 Å². The Morgan fingerprint density at radius 2 is 0.646 bits per heavy atom. The van der Waals surface area contributed by atoms with Crippen LogP contribution in [0.25, 0.3) is 139 Å². The molecule has 0 atom stereocenters. The number of benzene rings is 10. The van der Waals surface area contributed by atoms with E-state index in [4.69, 9.17) is 0 Å². The molecule has 0 radical (unpaired) electrons. The highest BCUT2D eigenvalue weighted by molar-refractivity contribution is 7.27. The van der Waals surface area contributed by atoms with E-state index in [2.05, 4.69) is 214 Å². The summed E-state index contributed by atoms with van der Waals surface area (Å²) in [5, 5.41) is 20.2. The normalized spacial score (nSPS) is 12.3. The summed E-state index contributed by atoms with van der Waals surface area (Å²) < 4.78 is 10.2. The summed E-state index contributed by atoms with van der Waals surface area (Å²) in [5.74, 6) is 0. The number of fused-ring (bicyclic) bond motifs is 15. The summed E-state index contributed by atoms with van der Waals surface area (Å²) in [6.07, 6.45) is 0. The van der Waals surface area contributed by atoms with E-state index in [1.807, 2.05) is 34.0 Å². The zero-order valence-corrected chi connectivity index (χ0v) is 37.2. The quantitative estimate of drug-likeness (QED) is 0.167. The molecule has 5 heterocycles. The van der Waals surface area contributed by atoms with Gasteiger partial charge in [0.1, 0.15) is 0 Å². The molecule has 0 N–H and O–H groups in total. The number of hydrogen-bond donors (Lipinski definition) is 0. The van der Waals surface area contributed by atoms with Gasteiger partial charge in [-0.3, -0.25) is 0 Å². The average Bonchev–Trinajstić information content (AvgIpc) is 4.20. The van der Waals surface area contributed by atoms with Crippen LogP contribution in [0.3, 0.4) is 0 Å². The summed E-state index contributed by atoms with van der Waals surface area (Å²) in [6, 6.07) is 72.4. The Labute approximate surface area is 384 Å². The zero-order chi connectivity index (χ0) is 42.3. The van der Waals surface area contributed by atoms with E-state index < -0.39 is 0 Å². The van der Waals surface area contributed by atoms with Crippen LogP contribution in [0.5, 0.6) is 0 Å². The molecule has 0 unspecified atom stereocenters. The first kappa shape index (κ1) is 35.9. The van der Waals surface area contributed by atoms with Gasteiger partial charge < -0.3 is 9.13 Å². The first-order chi connectivity index (χ1) is 32.2. The molecule has 5 aromatic heterocycles. The molecular weight excluding hydrogens is 845 g/mol. The Bertz CT molecular complexity index is 4180. The van der Waals surface area contributed by atoms with Crippen molar-refractivity contribution in [3.8, 4) is 33.6 Å². The average molecular weight is 879 g/mol. The van der Waals surface area contributed by atoms with E-state index >= 15 is 0 Å². The SMILES string of the molecule is c1ccc(-n2c3ccccc3c3cc4c(cc32)c(-c2csc3ccccc23)cc2c3cc(-c5csc6ccccc56)c5cc6c(cc5c3sc42)c2ccccc2n6-c2ccccc2)cc1. The van der Waals surface area contributed by atoms with Gasteiger partial charge in [0.15, 0.2) is 0 Å². The van der Waals surface area contributed by atoms with E-state index in [0.717, 1.165) is 0 Å². The fourth-order valence-electron chi connectivity index (χ4n) is 11.0. The van der Waals surface area contributed by atoms with Crippen LogP contribution in [-0.2, 0) is 0 Å². The Morgan fingerprint density at radius 1 is 0.262 bits per heavy atom. The molecule has 10 aromatic carbocycles. The highest BCUT2D eigenvalue weighted by Crippen LogP contribution is 2.52. The lowest BCUT2D eigenvalue weighted by Crippen LogP contribution is -1.93. The number of nitrogens with zero attached hydrogens (tertiary/aromatic N) is 2. The molecule has 2 nitrogen and oxygen atoms in total. The standard InChI is InChI=1S/C60H34N2S3/c1-3-15-35(16-4-1)61-53-23-11-7-19-37(53)45-29-47-43(31-55(45)61)41(51-33-63-57-25-13-9-21-39(51)57)27-49-50-28-42(52-34-64-58-26-14-10-22-40(52)58)44-32-56-46(30-48(44)60(50)65-59(47)49)38-20-8-12-24-54(38)62(56)36-17-5-2-6-18-36/h1-34H. The number of rotatable bonds is 4. The third kappa shape index (κ3) is 5.03. The second-order valence-electron chi connectivity index (χ2n) is 17.2. The van der Waals surface area contributed by atoms with Crippen LogP contribution >= 0.6 is 34.0 Å². The van der Waals surface area contributed by atoms with Crippen molar-refractivity contribution in [2.24, 2.45) is 0 Å². The predicted octanol–water partition coefficient (Wildman–Crippen LogP) is 18.3. The van der Waals surface area contributed by atoms with Crippen LogP contribution in [0.2, 0.25) is 0 Å². The van der Waals surface area contributed by atoms with Gasteiger partial charge in [-0.05, 0) is 118 Å². The van der Waals surface area contributed by atoms with E-state index in [1.54, 1.807) is 0 Å². The van der Waals surface area contributed by atoms with Crippen LogP contribution in [0.15, 0.2) is 205 Å². The molecule has 15 rings (SSSR count). The van der Waals surface area contributed by atoms with Gasteiger partial charge >= 0.3 is 0 Å². The monoisotopic (exact) mass is 878 g/mol. The van der Waals surface area contributed by atoms with Crippen LogP contribution in [0.1, 0.15) is 0 Å². The van der Waals surface area contributed by atoms with Gasteiger partial charge in [0, 0.05) is 95.2 Å². The molecular formula is C60H34N2S3. The van der Waals surface area contributed by atoms with E-state index in [9.17, 15) is 0 Å². The largest absolute Gasteiger partial charge is 0.309 e. The van der Waals surface area contributed by atoms with Gasteiger partial charge in [0.25, 0.3) is 0 Å². The maximum Gasteiger partial charge on any atom is 0.0547 e. The molecule has 65 heavy (non-hydrogen) atoms. The molecule has 0 fully saturated rings. The fraction of sp³-hybridized carbons (Fsp3) is 0. The number of thiophene rings is 3. The molecule has 0 bridgehead atoms. The number of para-hydroxylation sites is 4. The first-order valence-electron chi connectivity index (χ1n) is 22.1. The minimum atomic E-state index is 1.17. The Morgan fingerprint density at radius 3 is 1.11 bits per heavy atom. The highest BCUT2D eigenvalue weighted by Gasteiger charge is 2.24. The summed E-state index contributed by atoms with van der Waals surface area (Å²) in [4.78, 5) is 0. The van der Waals surface area contributed by atoms with Crippen LogP contribution in [-0.4, -0.2) is 9.13 Å². The summed E-state index contributed by atoms with van der Waals surface area (Å²) in [5.41, 5.74) is 12.4. The van der Waals surface area contributed by atoms with Crippen molar-refractivity contribution in [2.45, 2.75) is 0 Å². The van der Waals surface area contributed by atoms with Gasteiger partial charge in [0.05, 0.1) is 22.1 Å². The molecule has 0 saturated carbocycles. The smallest absolute Gasteiger partial charge is 0.0547 e. The van der Waals surface area contributed by atoms with Crippen LogP contribution in [0.4, 0.5) is 0 Å². The maximum atomic E-state index is 2.54. The molecule has 0 saturated heterocycles. The fourth-order valence-corrected chi connectivity index (χ4v) is 14.2. The molecule has 0 amide bonds. The van der Waals surface area contributed by atoms with Crippen molar-refractivity contribution >= 4 is 140 Å². The summed E-state index contributed by atoms with van der Waals surface area (Å²) in [7, 11) is 0. The topological polar surface area (TPSA) is 9.86 Å². The molecule has 0 aliphatic heterocycles. The second-order valence-corrected chi connectivity index (χ2v) is 20.0. The number of hydrogen-bond acceptors (Lipinski definition) is 3. The van der Waals surface area contributed by atoms with Gasteiger partial charge in [-0.15, -0.1) is 34.0 Å². The maximum absolute atomic E-state index is 2.54. The summed E-state index contributed by atoms with van der Waals surface area (Å²) in [6.45, 7) is 0. The van der Waals surface area contributed by atoms with Gasteiger partial charge in [-0.25, -0.2) is 0 Å². The molecule has 0 spiro atoms. The van der Waals surface area contributed by atoms with Crippen LogP contribution < -0.4 is 0 Å². The van der Waals surface area contributed by atoms with Crippen molar-refractivity contribution in [3.63, 3.8) is 0 Å². The molecule has 0 aliphatic carbocycles. The van der Waals surface area contributed by atoms with Crippen molar-refractivity contribution < 1.29 is 0 Å². The summed E-state index contributed by atoms with van der Waals surface area (Å²) >= 11 is 5.64. The molecule has 5 heteroatoms. The van der Waals surface area contributed by atoms with E-state index in [1.165, 1.54) is 139 Å². The third-order valence-electron chi connectivity index (χ3n) is 13.8. The lowest BCUT2D eigenvalue weighted by molar-refractivity contribution is 1.18. The minimum absolute atomic E-state index is 1.17. The predicted molar refractivity (Wildman–Crippen MR) is 285 cm³/mol. The highest BCUT2D eigenvalue weighted by atomic mass is 32.1. The van der Waals surface area contributed by atoms with E-state index in [0.29, 0.717) is 0 Å². The zero-order valence-electron chi connectivity index (χ0n) is 34.7. The molecule has 302 valence electrons. The second kappa shape index (κ2) is 13.5. The number of aromatic nitrogens is 2. The minimum Gasteiger partial charge on any atom is -0.309 e. The van der Waals surface area contributed by atoms with Gasteiger partial charge in [-0.1, -0.05) is 109 Å². The van der Waals surface area contributed by atoms with E-state index in [-0.39, 0.29) is 0 Å². The van der Waals surface area contributed by atoms with Crippen molar-refractivity contribution in [3.05, 3.63) is 205 Å². The Kier molecular flexibility index (Phi) is 7.44. The van der Waals surface area contributed by atoms with Crippen LogP contribution in [0, 0.1) is 0 Å². The lowest BCUT2D eigenvalue weighted by Gasteiger charge is -2.13. The molecule has 0 aliphatic rings. The van der Waals surface area contributed by atoms with Gasteiger partial charge in [0.2, 0.25) is 0 Å². The van der Waals surface area contributed by atoms with Crippen molar-refractivity contribution in [2.75, 3.05) is 0 Å². The molecule has 15 aromatic rings. The third-order valence-corrected chi connectivity index (χ3v) is 17.0.